The second-order valence-electron chi connectivity index (χ2n) is 7.46. The minimum atomic E-state index is 0.836. The van der Waals surface area contributed by atoms with Crippen LogP contribution in [0, 0.1) is 0 Å². The van der Waals surface area contributed by atoms with E-state index >= 15 is 0 Å². The first-order valence-corrected chi connectivity index (χ1v) is 10.3. The fraction of sp³-hybridized carbons (Fsp3) is 0.0714. The molecule has 0 atom stereocenters. The fourth-order valence-electron chi connectivity index (χ4n) is 3.98. The highest BCUT2D eigenvalue weighted by Crippen LogP contribution is 2.38. The molecule has 0 heterocycles. The maximum absolute atomic E-state index is 5.35. The van der Waals surface area contributed by atoms with Gasteiger partial charge in [-0.25, -0.2) is 0 Å². The van der Waals surface area contributed by atoms with Gasteiger partial charge in [-0.3, -0.25) is 0 Å². The number of hydrogen-bond acceptors (Lipinski definition) is 3. The lowest BCUT2D eigenvalue weighted by molar-refractivity contribution is 0.415. The van der Waals surface area contributed by atoms with Crippen LogP contribution in [-0.4, -0.2) is 14.2 Å². The van der Waals surface area contributed by atoms with Gasteiger partial charge in [0.05, 0.1) is 14.2 Å². The van der Waals surface area contributed by atoms with Crippen molar-refractivity contribution in [3.8, 4) is 11.5 Å². The summed E-state index contributed by atoms with van der Waals surface area (Å²) >= 11 is 0. The second-order valence-corrected chi connectivity index (χ2v) is 7.46. The lowest BCUT2D eigenvalue weighted by Crippen LogP contribution is -2.09. The van der Waals surface area contributed by atoms with E-state index in [9.17, 15) is 0 Å². The van der Waals surface area contributed by atoms with Crippen molar-refractivity contribution >= 4 is 38.6 Å². The molecule has 0 aliphatic rings. The normalized spacial score (nSPS) is 10.9. The summed E-state index contributed by atoms with van der Waals surface area (Å²) in [6.45, 7) is 0. The van der Waals surface area contributed by atoms with Crippen LogP contribution in [0.3, 0.4) is 0 Å². The zero-order chi connectivity index (χ0) is 21.2. The van der Waals surface area contributed by atoms with Gasteiger partial charge in [-0.15, -0.1) is 0 Å². The van der Waals surface area contributed by atoms with E-state index in [0.29, 0.717) is 0 Å². The summed E-state index contributed by atoms with van der Waals surface area (Å²) in [5.74, 6) is 1.67. The van der Waals surface area contributed by atoms with Crippen molar-refractivity contribution in [2.45, 2.75) is 0 Å². The number of anilines is 3. The van der Waals surface area contributed by atoms with E-state index in [1.54, 1.807) is 14.2 Å². The van der Waals surface area contributed by atoms with E-state index in [1.165, 1.54) is 21.5 Å². The SMILES string of the molecule is COc1ccc(N(c2ccc(OC)cc2)c2ccc3cc4ccccc4cc3c2)cc1. The zero-order valence-corrected chi connectivity index (χ0v) is 17.6. The van der Waals surface area contributed by atoms with E-state index in [4.69, 9.17) is 9.47 Å². The molecule has 0 saturated carbocycles. The first-order chi connectivity index (χ1) is 15.2. The van der Waals surface area contributed by atoms with Crippen molar-refractivity contribution in [2.24, 2.45) is 0 Å². The molecule has 5 aromatic carbocycles. The monoisotopic (exact) mass is 405 g/mol. The second kappa shape index (κ2) is 8.04. The first kappa shape index (κ1) is 19.0. The molecule has 0 amide bonds. The van der Waals surface area contributed by atoms with Crippen LogP contribution in [0.1, 0.15) is 0 Å². The summed E-state index contributed by atoms with van der Waals surface area (Å²) in [6, 6.07) is 35.9. The number of fused-ring (bicyclic) bond motifs is 2. The van der Waals surface area contributed by atoms with Crippen LogP contribution in [0.2, 0.25) is 0 Å². The molecular formula is C28H23NO2. The lowest BCUT2D eigenvalue weighted by atomic mass is 10.0. The third kappa shape index (κ3) is 3.66. The Morgan fingerprint density at radius 3 is 1.42 bits per heavy atom. The van der Waals surface area contributed by atoms with Crippen LogP contribution < -0.4 is 14.4 Å². The van der Waals surface area contributed by atoms with Crippen molar-refractivity contribution in [1.29, 1.82) is 0 Å². The standard InChI is InChI=1S/C28H23NO2/c1-30-27-13-9-24(10-14-27)29(25-11-15-28(31-2)16-12-25)26-8-7-22-17-20-5-3-4-6-21(20)18-23(22)19-26/h3-19H,1-2H3. The van der Waals surface area contributed by atoms with E-state index in [1.807, 2.05) is 24.3 Å². The van der Waals surface area contributed by atoms with Crippen LogP contribution in [-0.2, 0) is 0 Å². The van der Waals surface area contributed by atoms with Gasteiger partial charge in [0.15, 0.2) is 0 Å². The number of rotatable bonds is 5. The molecule has 5 rings (SSSR count). The summed E-state index contributed by atoms with van der Waals surface area (Å²) in [5, 5.41) is 4.94. The maximum atomic E-state index is 5.35. The molecule has 31 heavy (non-hydrogen) atoms. The molecule has 0 radical (unpaired) electrons. The highest BCUT2D eigenvalue weighted by molar-refractivity contribution is 6.00. The molecule has 0 bridgehead atoms. The average Bonchev–Trinajstić information content (AvgIpc) is 2.83. The Balaban J connectivity index is 1.66. The molecule has 0 aromatic heterocycles. The number of benzene rings is 5. The van der Waals surface area contributed by atoms with Gasteiger partial charge in [0.25, 0.3) is 0 Å². The summed E-state index contributed by atoms with van der Waals surface area (Å²) in [5.41, 5.74) is 3.22. The van der Waals surface area contributed by atoms with Crippen molar-refractivity contribution in [3.63, 3.8) is 0 Å². The number of hydrogen-bond donors (Lipinski definition) is 0. The topological polar surface area (TPSA) is 21.7 Å². The molecule has 0 saturated heterocycles. The Labute approximate surface area is 182 Å². The van der Waals surface area contributed by atoms with Crippen LogP contribution in [0.25, 0.3) is 21.5 Å². The van der Waals surface area contributed by atoms with Gasteiger partial charge in [-0.1, -0.05) is 30.3 Å². The van der Waals surface area contributed by atoms with E-state index in [-0.39, 0.29) is 0 Å². The first-order valence-electron chi connectivity index (χ1n) is 10.3. The van der Waals surface area contributed by atoms with Crippen molar-refractivity contribution < 1.29 is 9.47 Å². The molecule has 0 N–H and O–H groups in total. The zero-order valence-electron chi connectivity index (χ0n) is 17.6. The van der Waals surface area contributed by atoms with E-state index in [0.717, 1.165) is 28.6 Å². The minimum absolute atomic E-state index is 0.836. The Hall–Kier alpha value is -3.98. The quantitative estimate of drug-likeness (QED) is 0.283. The van der Waals surface area contributed by atoms with Gasteiger partial charge >= 0.3 is 0 Å². The molecule has 0 spiro atoms. The predicted octanol–water partition coefficient (Wildman–Crippen LogP) is 7.48. The Kier molecular flexibility index (Phi) is 4.93. The van der Waals surface area contributed by atoms with E-state index < -0.39 is 0 Å². The Morgan fingerprint density at radius 1 is 0.452 bits per heavy atom. The third-order valence-corrected chi connectivity index (χ3v) is 5.61. The Morgan fingerprint density at radius 2 is 0.903 bits per heavy atom. The molecule has 152 valence electrons. The predicted molar refractivity (Wildman–Crippen MR) is 129 cm³/mol. The molecular weight excluding hydrogens is 382 g/mol. The van der Waals surface area contributed by atoms with Gasteiger partial charge in [-0.05, 0) is 94.3 Å². The molecule has 3 heteroatoms. The van der Waals surface area contributed by atoms with Crippen LogP contribution >= 0.6 is 0 Å². The van der Waals surface area contributed by atoms with Gasteiger partial charge in [0, 0.05) is 17.1 Å². The third-order valence-electron chi connectivity index (χ3n) is 5.61. The maximum Gasteiger partial charge on any atom is 0.119 e. The largest absolute Gasteiger partial charge is 0.497 e. The van der Waals surface area contributed by atoms with Gasteiger partial charge in [0.1, 0.15) is 11.5 Å². The van der Waals surface area contributed by atoms with Crippen molar-refractivity contribution in [3.05, 3.63) is 103 Å². The number of methoxy groups -OCH3 is 2. The lowest BCUT2D eigenvalue weighted by Gasteiger charge is -2.26. The number of nitrogens with zero attached hydrogens (tertiary/aromatic N) is 1. The van der Waals surface area contributed by atoms with Crippen LogP contribution in [0.5, 0.6) is 11.5 Å². The highest BCUT2D eigenvalue weighted by Gasteiger charge is 2.14. The number of ether oxygens (including phenoxy) is 2. The molecule has 0 unspecified atom stereocenters. The molecule has 3 nitrogen and oxygen atoms in total. The smallest absolute Gasteiger partial charge is 0.119 e. The Bertz CT molecular complexity index is 1290. The summed E-state index contributed by atoms with van der Waals surface area (Å²) in [4.78, 5) is 2.24. The highest BCUT2D eigenvalue weighted by atomic mass is 16.5. The average molecular weight is 405 g/mol. The van der Waals surface area contributed by atoms with Gasteiger partial charge in [0.2, 0.25) is 0 Å². The molecule has 0 aliphatic carbocycles. The molecule has 0 aliphatic heterocycles. The minimum Gasteiger partial charge on any atom is -0.497 e. The van der Waals surface area contributed by atoms with Gasteiger partial charge < -0.3 is 14.4 Å². The van der Waals surface area contributed by atoms with Crippen molar-refractivity contribution in [2.75, 3.05) is 19.1 Å². The van der Waals surface area contributed by atoms with Crippen LogP contribution in [0.4, 0.5) is 17.1 Å². The van der Waals surface area contributed by atoms with Crippen molar-refractivity contribution in [1.82, 2.24) is 0 Å². The molecule has 0 fully saturated rings. The summed E-state index contributed by atoms with van der Waals surface area (Å²) in [6.07, 6.45) is 0. The summed E-state index contributed by atoms with van der Waals surface area (Å²) < 4.78 is 10.7. The molecule has 5 aromatic rings. The van der Waals surface area contributed by atoms with E-state index in [2.05, 4.69) is 83.8 Å². The van der Waals surface area contributed by atoms with Gasteiger partial charge in [-0.2, -0.15) is 0 Å². The fourth-order valence-corrected chi connectivity index (χ4v) is 3.98. The summed E-state index contributed by atoms with van der Waals surface area (Å²) in [7, 11) is 3.37. The van der Waals surface area contributed by atoms with Crippen LogP contribution in [0.15, 0.2) is 103 Å².